The third-order valence-corrected chi connectivity index (χ3v) is 10.2. The molecule has 0 aromatic carbocycles. The molecule has 13 heteroatoms. The summed E-state index contributed by atoms with van der Waals surface area (Å²) in [5, 5.41) is 38.6. The Morgan fingerprint density at radius 2 is 1.25 bits per heavy atom. The van der Waals surface area contributed by atoms with Crippen molar-refractivity contribution in [3.63, 3.8) is 0 Å². The molecular weight excluding hydrogens is 739 g/mol. The minimum absolute atomic E-state index is 0.0190. The number of rotatable bonds is 38. The molecule has 0 amide bonds. The molecule has 5 N–H and O–H groups in total. The lowest BCUT2D eigenvalue weighted by atomic mass is 9.99. The van der Waals surface area contributed by atoms with Gasteiger partial charge >= 0.3 is 19.8 Å². The summed E-state index contributed by atoms with van der Waals surface area (Å²) >= 11 is 0. The zero-order valence-corrected chi connectivity index (χ0v) is 35.6. The molecule has 0 aliphatic rings. The van der Waals surface area contributed by atoms with Gasteiger partial charge in [-0.05, 0) is 44.4 Å². The van der Waals surface area contributed by atoms with Crippen molar-refractivity contribution in [2.24, 2.45) is 5.92 Å². The van der Waals surface area contributed by atoms with Crippen LogP contribution in [0.25, 0.3) is 0 Å². The number of hydrogen-bond acceptors (Lipinski definition) is 11. The quantitative estimate of drug-likeness (QED) is 0.0131. The third kappa shape index (κ3) is 36.2. The molecule has 0 spiro atoms. The molecule has 2 unspecified atom stereocenters. The van der Waals surface area contributed by atoms with E-state index in [1.807, 2.05) is 6.08 Å². The van der Waals surface area contributed by atoms with Crippen molar-refractivity contribution >= 4 is 19.8 Å². The largest absolute Gasteiger partial charge is 0.472 e. The summed E-state index contributed by atoms with van der Waals surface area (Å²) in [4.78, 5) is 35.0. The van der Waals surface area contributed by atoms with Gasteiger partial charge in [0.2, 0.25) is 0 Å². The molecule has 0 aromatic rings. The molecule has 0 bridgehead atoms. The van der Waals surface area contributed by atoms with E-state index in [1.54, 1.807) is 36.5 Å². The number of unbranched alkanes of at least 4 members (excludes halogenated alkanes) is 12. The zero-order valence-electron chi connectivity index (χ0n) is 34.7. The highest BCUT2D eigenvalue weighted by Crippen LogP contribution is 2.43. The average Bonchev–Trinajstić information content (AvgIpc) is 3.17. The van der Waals surface area contributed by atoms with E-state index in [1.165, 1.54) is 64.2 Å². The van der Waals surface area contributed by atoms with E-state index in [2.05, 4.69) is 31.4 Å². The predicted molar refractivity (Wildman–Crippen MR) is 222 cm³/mol. The lowest BCUT2D eigenvalue weighted by Gasteiger charge is -2.20. The van der Waals surface area contributed by atoms with Crippen LogP contribution < -0.4 is 0 Å². The first-order valence-corrected chi connectivity index (χ1v) is 22.7. The third-order valence-electron chi connectivity index (χ3n) is 9.22. The van der Waals surface area contributed by atoms with E-state index in [4.69, 9.17) is 19.1 Å². The van der Waals surface area contributed by atoms with Gasteiger partial charge in [-0.1, -0.05) is 153 Å². The van der Waals surface area contributed by atoms with Crippen molar-refractivity contribution in [1.29, 1.82) is 0 Å². The maximum absolute atomic E-state index is 12.6. The first-order valence-electron chi connectivity index (χ1n) is 21.2. The Labute approximate surface area is 338 Å². The highest BCUT2D eigenvalue weighted by molar-refractivity contribution is 7.47. The predicted octanol–water partition coefficient (Wildman–Crippen LogP) is 8.74. The van der Waals surface area contributed by atoms with Crippen molar-refractivity contribution in [3.8, 4) is 0 Å². The van der Waals surface area contributed by atoms with Crippen molar-refractivity contribution < 1.29 is 58.0 Å². The molecule has 0 saturated carbocycles. The Bertz CT molecular complexity index is 1120. The molecule has 0 aromatic heterocycles. The van der Waals surface area contributed by atoms with Gasteiger partial charge in [0.05, 0.1) is 32.0 Å². The van der Waals surface area contributed by atoms with E-state index in [0.29, 0.717) is 25.7 Å². The second kappa shape index (κ2) is 37.1. The first kappa shape index (κ1) is 53.9. The Morgan fingerprint density at radius 3 is 1.88 bits per heavy atom. The van der Waals surface area contributed by atoms with Crippen LogP contribution >= 0.6 is 7.82 Å². The Balaban J connectivity index is 4.58. The molecule has 0 saturated heterocycles. The summed E-state index contributed by atoms with van der Waals surface area (Å²) < 4.78 is 32.5. The number of ether oxygens (including phenoxy) is 2. The lowest BCUT2D eigenvalue weighted by Crippen LogP contribution is -2.30. The minimum atomic E-state index is -4.67. The number of hydrogen-bond donors (Lipinski definition) is 5. The van der Waals surface area contributed by atoms with Gasteiger partial charge in [-0.3, -0.25) is 18.6 Å². The molecule has 56 heavy (non-hydrogen) atoms. The van der Waals surface area contributed by atoms with E-state index >= 15 is 0 Å². The van der Waals surface area contributed by atoms with Crippen molar-refractivity contribution in [1.82, 2.24) is 0 Å². The van der Waals surface area contributed by atoms with Gasteiger partial charge in [-0.2, -0.15) is 0 Å². The second-order valence-corrected chi connectivity index (χ2v) is 16.1. The number of carbonyl (C=O) groups is 2. The standard InChI is InChI=1S/C43H77O12P/c1-4-6-7-8-16-21-27-38(45)28-22-18-19-23-29-39(46)30-25-32-42(48)52-35-41(36-54-56(50,51)53-34-40(47)33-44)55-43(49)31-24-17-14-12-10-9-11-13-15-20-26-37(3)5-2/h16,18-19,21-23,28-29,37-41,44-47H,4-15,17,20,24-27,30-36H2,1-3H3,(H,50,51)/b19-18+,21-16-,28-22+,29-23-/t37?,38-,39-,40+,41-/m1/s1. The normalized spacial score (nSPS) is 16.1. The number of allylic oxidation sites excluding steroid dienone is 5. The van der Waals surface area contributed by atoms with E-state index in [0.717, 1.165) is 38.0 Å². The van der Waals surface area contributed by atoms with Crippen LogP contribution in [-0.4, -0.2) is 88.1 Å². The van der Waals surface area contributed by atoms with Gasteiger partial charge in [-0.25, -0.2) is 4.57 Å². The molecule has 0 rings (SSSR count). The minimum Gasteiger partial charge on any atom is -0.462 e. The van der Waals surface area contributed by atoms with E-state index in [9.17, 15) is 34.4 Å². The molecular formula is C43H77O12P. The van der Waals surface area contributed by atoms with Gasteiger partial charge < -0.3 is 34.8 Å². The van der Waals surface area contributed by atoms with Gasteiger partial charge in [0, 0.05) is 12.8 Å². The van der Waals surface area contributed by atoms with Crippen LogP contribution in [-0.2, 0) is 32.7 Å². The average molecular weight is 817 g/mol. The van der Waals surface area contributed by atoms with Crippen LogP contribution in [0.2, 0.25) is 0 Å². The number of esters is 2. The SMILES string of the molecule is CCCCC/C=C\C[C@@H](O)/C=C/C=C/C=C\[C@@H](O)CCCC(=O)OC[C@H](COP(=O)(O)OC[C@@H](O)CO)OC(=O)CCCCCCCCCCCCC(C)CC. The fraction of sp³-hybridized carbons (Fsp3) is 0.767. The van der Waals surface area contributed by atoms with Gasteiger partial charge in [-0.15, -0.1) is 0 Å². The van der Waals surface area contributed by atoms with Crippen LogP contribution in [0.5, 0.6) is 0 Å². The van der Waals surface area contributed by atoms with Crippen molar-refractivity contribution in [3.05, 3.63) is 48.6 Å². The number of phosphoric ester groups is 1. The Kier molecular flexibility index (Phi) is 35.7. The summed E-state index contributed by atoms with van der Waals surface area (Å²) in [6.07, 6.45) is 30.0. The molecule has 0 aliphatic heterocycles. The maximum atomic E-state index is 12.6. The lowest BCUT2D eigenvalue weighted by molar-refractivity contribution is -0.161. The van der Waals surface area contributed by atoms with Gasteiger partial charge in [0.1, 0.15) is 12.7 Å². The molecule has 0 aliphatic carbocycles. The molecule has 326 valence electrons. The summed E-state index contributed by atoms with van der Waals surface area (Å²) in [5.41, 5.74) is 0. The Hall–Kier alpha value is -2.15. The number of aliphatic hydroxyl groups excluding tert-OH is 4. The van der Waals surface area contributed by atoms with Crippen LogP contribution in [0.4, 0.5) is 0 Å². The second-order valence-electron chi connectivity index (χ2n) is 14.7. The smallest absolute Gasteiger partial charge is 0.462 e. The summed E-state index contributed by atoms with van der Waals surface area (Å²) in [7, 11) is -4.67. The highest BCUT2D eigenvalue weighted by atomic mass is 31.2. The number of carbonyl (C=O) groups excluding carboxylic acids is 2. The van der Waals surface area contributed by atoms with E-state index < -0.39 is 70.6 Å². The topological polar surface area (TPSA) is 189 Å². The van der Waals surface area contributed by atoms with Gasteiger partial charge in [0.15, 0.2) is 6.10 Å². The fourth-order valence-corrected chi connectivity index (χ4v) is 6.25. The number of aliphatic hydroxyl groups is 4. The molecule has 0 fully saturated rings. The van der Waals surface area contributed by atoms with Crippen LogP contribution in [0.15, 0.2) is 48.6 Å². The first-order chi connectivity index (χ1) is 26.9. The number of phosphoric acid groups is 1. The van der Waals surface area contributed by atoms with E-state index in [-0.39, 0.29) is 12.8 Å². The highest BCUT2D eigenvalue weighted by Gasteiger charge is 2.27. The maximum Gasteiger partial charge on any atom is 0.472 e. The van der Waals surface area contributed by atoms with Crippen LogP contribution in [0, 0.1) is 5.92 Å². The fourth-order valence-electron chi connectivity index (χ4n) is 5.46. The molecule has 6 atom stereocenters. The summed E-state index contributed by atoms with van der Waals surface area (Å²) in [5.74, 6) is -0.347. The van der Waals surface area contributed by atoms with Crippen LogP contribution in [0.3, 0.4) is 0 Å². The van der Waals surface area contributed by atoms with Crippen LogP contribution in [0.1, 0.15) is 156 Å². The summed E-state index contributed by atoms with van der Waals surface area (Å²) in [6.45, 7) is 4.35. The molecule has 0 heterocycles. The summed E-state index contributed by atoms with van der Waals surface area (Å²) in [6, 6.07) is 0. The Morgan fingerprint density at radius 1 is 0.661 bits per heavy atom. The molecule has 12 nitrogen and oxygen atoms in total. The van der Waals surface area contributed by atoms with Crippen molar-refractivity contribution in [2.75, 3.05) is 26.4 Å². The monoisotopic (exact) mass is 817 g/mol. The molecule has 0 radical (unpaired) electrons. The zero-order chi connectivity index (χ0) is 41.7. The van der Waals surface area contributed by atoms with Crippen molar-refractivity contribution in [2.45, 2.75) is 180 Å². The van der Waals surface area contributed by atoms with Gasteiger partial charge in [0.25, 0.3) is 0 Å².